The highest BCUT2D eigenvalue weighted by Gasteiger charge is 2.53. The van der Waals surface area contributed by atoms with Gasteiger partial charge in [-0.25, -0.2) is 0 Å². The monoisotopic (exact) mass is 1050 g/mol. The quantitative estimate of drug-likeness (QED) is 0.115. The van der Waals surface area contributed by atoms with Crippen LogP contribution in [0.15, 0.2) is 54.6 Å². The van der Waals surface area contributed by atoms with E-state index in [1.165, 1.54) is 32.4 Å². The zero-order chi connectivity index (χ0) is 55.2. The van der Waals surface area contributed by atoms with Crippen LogP contribution in [0, 0.1) is 23.7 Å². The van der Waals surface area contributed by atoms with Gasteiger partial charge in [-0.15, -0.1) is 0 Å². The summed E-state index contributed by atoms with van der Waals surface area (Å²) in [5, 5.41) is 49.3. The number of ether oxygens (including phenoxy) is 8. The summed E-state index contributed by atoms with van der Waals surface area (Å²) in [6.07, 6.45) is -2.84. The van der Waals surface area contributed by atoms with E-state index in [0.717, 1.165) is 30.7 Å². The molecule has 0 spiro atoms. The second kappa shape index (κ2) is 26.0. The number of anilines is 1. The van der Waals surface area contributed by atoms with Crippen LogP contribution >= 0.6 is 0 Å². The summed E-state index contributed by atoms with van der Waals surface area (Å²) in [6, 6.07) is 16.6. The summed E-state index contributed by atoms with van der Waals surface area (Å²) in [5.74, 6) is -3.97. The molecule has 19 atom stereocenters. The van der Waals surface area contributed by atoms with E-state index >= 15 is 0 Å². The fraction of sp³-hybridized carbons (Fsp3) is 0.729. The van der Waals surface area contributed by atoms with Gasteiger partial charge in [0.15, 0.2) is 6.29 Å². The number of Topliss-reactive ketones (excluding diaryl/α,β-unsaturated/α-hetero) is 1. The van der Waals surface area contributed by atoms with Crippen molar-refractivity contribution in [3.8, 4) is 5.75 Å². The second-order valence-corrected chi connectivity index (χ2v) is 23.0. The van der Waals surface area contributed by atoms with Gasteiger partial charge in [0, 0.05) is 69.3 Å². The minimum atomic E-state index is -2.00. The molecule has 0 saturated carbocycles. The Hall–Kier alpha value is -3.52. The summed E-state index contributed by atoms with van der Waals surface area (Å²) in [6.45, 7) is 21.4. The van der Waals surface area contributed by atoms with Crippen molar-refractivity contribution in [2.24, 2.45) is 23.7 Å². The first-order chi connectivity index (χ1) is 35.4. The van der Waals surface area contributed by atoms with E-state index in [1.54, 1.807) is 48.5 Å². The fourth-order valence-corrected chi connectivity index (χ4v) is 12.2. The van der Waals surface area contributed by atoms with Crippen molar-refractivity contribution in [2.45, 2.75) is 211 Å². The Morgan fingerprint density at radius 3 is 2.25 bits per heavy atom. The summed E-state index contributed by atoms with van der Waals surface area (Å²) < 4.78 is 50.9. The Kier molecular flexibility index (Phi) is 21.0. The Morgan fingerprint density at radius 1 is 0.907 bits per heavy atom. The van der Waals surface area contributed by atoms with Crippen LogP contribution in [0.3, 0.4) is 0 Å². The minimum Gasteiger partial charge on any atom is -0.847 e. The van der Waals surface area contributed by atoms with Crippen LogP contribution in [0.2, 0.25) is 0 Å². The van der Waals surface area contributed by atoms with E-state index in [0.29, 0.717) is 32.0 Å². The SMILES string of the molecule is CC[C@H]1OC(=O)[C@H](C)[C@@H](O[C@H]2C[C@@](C)(OC)[C@@H](O)[C@H](C)O2)[C@H](C)[C@@H](O[C@@H]2O[C@H](C)C[C@H](N(C)CCCOc3ccc(/C=C\C[C@H](C)N4CCc5ccccc54)cc3)C2[O-])[C@](C)(OC)C[C@@H](C)C(=O)[C@H](C)[C@@H](O)[C@]1(C)O. The molecular formula is C59H91N2O14-. The summed E-state index contributed by atoms with van der Waals surface area (Å²) in [4.78, 5) is 33.3. The lowest BCUT2D eigenvalue weighted by Crippen LogP contribution is -2.64. The number of hydrogen-bond acceptors (Lipinski definition) is 16. The number of aliphatic hydroxyl groups excluding tert-OH is 2. The number of cyclic esters (lactones) is 1. The summed E-state index contributed by atoms with van der Waals surface area (Å²) in [7, 11) is 4.93. The van der Waals surface area contributed by atoms with Crippen molar-refractivity contribution in [3.63, 3.8) is 0 Å². The molecule has 6 rings (SSSR count). The van der Waals surface area contributed by atoms with Crippen molar-refractivity contribution in [3.05, 3.63) is 65.7 Å². The molecule has 1 unspecified atom stereocenters. The first-order valence-electron chi connectivity index (χ1n) is 27.5. The average molecular weight is 1050 g/mol. The molecule has 0 bridgehead atoms. The van der Waals surface area contributed by atoms with Gasteiger partial charge in [-0.2, -0.15) is 0 Å². The predicted octanol–water partition coefficient (Wildman–Crippen LogP) is 6.50. The molecule has 2 aromatic carbocycles. The van der Waals surface area contributed by atoms with Gasteiger partial charge in [-0.1, -0.05) is 76.3 Å². The number of benzene rings is 2. The zero-order valence-electron chi connectivity index (χ0n) is 47.3. The lowest BCUT2D eigenvalue weighted by atomic mass is 9.74. The summed E-state index contributed by atoms with van der Waals surface area (Å²) >= 11 is 0. The number of ketones is 1. The van der Waals surface area contributed by atoms with Crippen molar-refractivity contribution >= 4 is 23.5 Å². The lowest BCUT2D eigenvalue weighted by Gasteiger charge is -2.52. The minimum absolute atomic E-state index is 0.0622. The molecule has 3 fully saturated rings. The normalized spacial score (nSPS) is 38.8. The van der Waals surface area contributed by atoms with E-state index < -0.39 is 108 Å². The molecule has 0 amide bonds. The van der Waals surface area contributed by atoms with Crippen LogP contribution in [-0.2, 0) is 49.2 Å². The van der Waals surface area contributed by atoms with Crippen molar-refractivity contribution in [1.82, 2.24) is 4.90 Å². The Bertz CT molecular complexity index is 2180. The predicted molar refractivity (Wildman–Crippen MR) is 285 cm³/mol. The van der Waals surface area contributed by atoms with Crippen LogP contribution in [0.1, 0.15) is 126 Å². The van der Waals surface area contributed by atoms with Crippen molar-refractivity contribution in [1.29, 1.82) is 0 Å². The maximum Gasteiger partial charge on any atom is 0.311 e. The van der Waals surface area contributed by atoms with Gasteiger partial charge in [0.2, 0.25) is 0 Å². The number of carbonyl (C=O) groups is 2. The van der Waals surface area contributed by atoms with Gasteiger partial charge in [0.1, 0.15) is 35.6 Å². The third-order valence-corrected chi connectivity index (χ3v) is 17.2. The molecule has 2 aromatic rings. The van der Waals surface area contributed by atoms with E-state index in [-0.39, 0.29) is 31.1 Å². The highest BCUT2D eigenvalue weighted by atomic mass is 16.7. The molecule has 0 aromatic heterocycles. The molecule has 422 valence electrons. The fourth-order valence-electron chi connectivity index (χ4n) is 12.2. The highest BCUT2D eigenvalue weighted by Crippen LogP contribution is 2.42. The average Bonchev–Trinajstić information content (AvgIpc) is 3.83. The number of para-hydroxylation sites is 1. The lowest BCUT2D eigenvalue weighted by molar-refractivity contribution is -0.492. The largest absolute Gasteiger partial charge is 0.847 e. The number of fused-ring (bicyclic) bond motifs is 1. The Labute approximate surface area is 447 Å². The smallest absolute Gasteiger partial charge is 0.311 e. The number of methoxy groups -OCH3 is 2. The topological polar surface area (TPSA) is 198 Å². The third-order valence-electron chi connectivity index (χ3n) is 17.2. The molecule has 4 aliphatic heterocycles. The first-order valence-corrected chi connectivity index (χ1v) is 27.5. The molecule has 4 heterocycles. The van der Waals surface area contributed by atoms with Gasteiger partial charge in [0.05, 0.1) is 54.2 Å². The summed E-state index contributed by atoms with van der Waals surface area (Å²) in [5.41, 5.74) is -0.537. The molecule has 0 aliphatic carbocycles. The van der Waals surface area contributed by atoms with Gasteiger partial charge >= 0.3 is 5.97 Å². The van der Waals surface area contributed by atoms with Crippen LogP contribution in [0.25, 0.3) is 6.08 Å². The maximum atomic E-state index is 14.8. The second-order valence-electron chi connectivity index (χ2n) is 23.0. The molecule has 3 saturated heterocycles. The highest BCUT2D eigenvalue weighted by molar-refractivity contribution is 5.83. The first kappa shape index (κ1) is 60.7. The number of likely N-dealkylation sites (N-methyl/N-ethyl adjacent to an activating group) is 1. The molecule has 0 radical (unpaired) electrons. The Morgan fingerprint density at radius 2 is 1.59 bits per heavy atom. The number of rotatable bonds is 17. The third kappa shape index (κ3) is 14.0. The van der Waals surface area contributed by atoms with Crippen molar-refractivity contribution < 1.29 is 67.9 Å². The van der Waals surface area contributed by atoms with Gasteiger partial charge < -0.3 is 68.1 Å². The van der Waals surface area contributed by atoms with Gasteiger partial charge in [-0.3, -0.25) is 9.59 Å². The standard InChI is InChI=1S/C59H91N2O14/c1-15-47-59(11,67)52(64)38(5)49(62)35(2)33-58(10,69-14)54(39(6)51(40(7)55(66)73-47)74-48-34-57(9,68-13)53(65)41(8)72-48)75-56-50(63)46(32-37(4)71-56)60(12)29-19-31-70-44-26-24-42(25-27-44)21-18-20-36(3)61-30-28-43-22-16-17-23-45(43)61/h16-18,21-27,35-41,46-48,50-54,56,64-65,67H,15,19-20,28-34H2,1-14H3/q-1/b21-18-/t35-,36+,37-,38+,39+,40-,41+,46+,47-,48+,50?,51+,52-,53+,54-,56+,57-,58-,59-/m1/s1. The molecular weight excluding hydrogens is 961 g/mol. The molecule has 3 N–H and O–H groups in total. The molecule has 4 aliphatic rings. The van der Waals surface area contributed by atoms with Gasteiger partial charge in [0.25, 0.3) is 0 Å². The maximum absolute atomic E-state index is 14.8. The van der Waals surface area contributed by atoms with E-state index in [4.69, 9.17) is 37.9 Å². The van der Waals surface area contributed by atoms with Crippen molar-refractivity contribution in [2.75, 3.05) is 45.9 Å². The van der Waals surface area contributed by atoms with Crippen LogP contribution in [-0.4, -0.2) is 163 Å². The number of aliphatic hydroxyl groups is 3. The van der Waals surface area contributed by atoms with Gasteiger partial charge in [-0.05, 0) is 123 Å². The number of carbonyl (C=O) groups excluding carboxylic acids is 2. The van der Waals surface area contributed by atoms with E-state index in [1.807, 2.05) is 37.9 Å². The zero-order valence-corrected chi connectivity index (χ0v) is 47.3. The molecule has 75 heavy (non-hydrogen) atoms. The van der Waals surface area contributed by atoms with Crippen LogP contribution < -0.4 is 14.7 Å². The Balaban J connectivity index is 1.18. The molecule has 16 heteroatoms. The molecule has 16 nitrogen and oxygen atoms in total. The van der Waals surface area contributed by atoms with Crippen LogP contribution in [0.5, 0.6) is 5.75 Å². The van der Waals surface area contributed by atoms with E-state index in [2.05, 4.69) is 60.4 Å². The van der Waals surface area contributed by atoms with Crippen LogP contribution in [0.4, 0.5) is 5.69 Å². The number of esters is 1. The van der Waals surface area contributed by atoms with E-state index in [9.17, 15) is 30.0 Å². The number of nitrogens with zero attached hydrogens (tertiary/aromatic N) is 2. The number of hydrogen-bond donors (Lipinski definition) is 3.